The Morgan fingerprint density at radius 1 is 1.43 bits per heavy atom. The number of rotatable bonds is 5. The van der Waals surface area contributed by atoms with Gasteiger partial charge in [0.2, 0.25) is 11.8 Å². The quantitative estimate of drug-likeness (QED) is 0.869. The number of hydrogen-bond acceptors (Lipinski definition) is 5. The van der Waals surface area contributed by atoms with Gasteiger partial charge in [0, 0.05) is 44.9 Å². The van der Waals surface area contributed by atoms with E-state index in [4.69, 9.17) is 10.5 Å². The maximum Gasteiger partial charge on any atom is 0.222 e. The van der Waals surface area contributed by atoms with Gasteiger partial charge in [-0.3, -0.25) is 14.4 Å². The zero-order valence-corrected chi connectivity index (χ0v) is 13.3. The highest BCUT2D eigenvalue weighted by molar-refractivity contribution is 5.78. The zero-order chi connectivity index (χ0) is 16.4. The van der Waals surface area contributed by atoms with E-state index in [1.807, 2.05) is 37.6 Å². The molecule has 0 unspecified atom stereocenters. The van der Waals surface area contributed by atoms with Crippen LogP contribution in [0.5, 0.6) is 5.88 Å². The molecular weight excluding hydrogens is 294 g/mol. The average Bonchev–Trinajstić information content (AvgIpc) is 3.13. The number of hydrogen-bond donors (Lipinski definition) is 1. The highest BCUT2D eigenvalue weighted by atomic mass is 16.5. The zero-order valence-electron chi connectivity index (χ0n) is 13.3. The topological polar surface area (TPSA) is 86.3 Å². The van der Waals surface area contributed by atoms with E-state index < -0.39 is 0 Å². The largest absolute Gasteiger partial charge is 0.481 e. The lowest BCUT2D eigenvalue weighted by atomic mass is 9.90. The van der Waals surface area contributed by atoms with Gasteiger partial charge < -0.3 is 10.5 Å². The van der Waals surface area contributed by atoms with Crippen LogP contribution in [0.25, 0.3) is 0 Å². The van der Waals surface area contributed by atoms with Crippen LogP contribution in [0.3, 0.4) is 0 Å². The highest BCUT2D eigenvalue weighted by Crippen LogP contribution is 2.33. The van der Waals surface area contributed by atoms with Gasteiger partial charge in [0.15, 0.2) is 0 Å². The second-order valence-electron chi connectivity index (χ2n) is 5.93. The number of primary amides is 1. The molecule has 0 aliphatic carbocycles. The second kappa shape index (κ2) is 6.37. The van der Waals surface area contributed by atoms with E-state index >= 15 is 0 Å². The van der Waals surface area contributed by atoms with E-state index in [0.29, 0.717) is 19.0 Å². The normalized spacial score (nSPS) is 21.5. The van der Waals surface area contributed by atoms with Crippen molar-refractivity contribution in [2.75, 3.05) is 20.2 Å². The molecule has 0 radical (unpaired) electrons. The summed E-state index contributed by atoms with van der Waals surface area (Å²) in [5.74, 6) is 0.202. The third kappa shape index (κ3) is 3.34. The van der Waals surface area contributed by atoms with Crippen molar-refractivity contribution in [3.63, 3.8) is 0 Å². The van der Waals surface area contributed by atoms with Gasteiger partial charge in [-0.25, -0.2) is 4.98 Å². The van der Waals surface area contributed by atoms with Crippen LogP contribution in [0.15, 0.2) is 30.6 Å². The first-order chi connectivity index (χ1) is 11.1. The Morgan fingerprint density at radius 2 is 2.26 bits per heavy atom. The van der Waals surface area contributed by atoms with Crippen molar-refractivity contribution >= 4 is 5.91 Å². The Labute approximate surface area is 135 Å². The number of methoxy groups -OCH3 is 1. The van der Waals surface area contributed by atoms with Gasteiger partial charge in [-0.15, -0.1) is 0 Å². The summed E-state index contributed by atoms with van der Waals surface area (Å²) < 4.78 is 6.91. The molecule has 0 saturated carbocycles. The maximum absolute atomic E-state index is 11.8. The molecule has 0 aromatic carbocycles. The van der Waals surface area contributed by atoms with Crippen LogP contribution in [-0.2, 0) is 18.4 Å². The lowest BCUT2D eigenvalue weighted by Gasteiger charge is -2.15. The van der Waals surface area contributed by atoms with Gasteiger partial charge in [-0.05, 0) is 11.6 Å². The predicted octanol–water partition coefficient (Wildman–Crippen LogP) is 0.525. The first kappa shape index (κ1) is 15.5. The number of likely N-dealkylation sites (tertiary alicyclic amines) is 1. The van der Waals surface area contributed by atoms with Gasteiger partial charge >= 0.3 is 0 Å². The molecule has 1 amide bonds. The minimum atomic E-state index is -0.264. The summed E-state index contributed by atoms with van der Waals surface area (Å²) in [6, 6.07) is 5.69. The van der Waals surface area contributed by atoms with Crippen LogP contribution < -0.4 is 10.5 Å². The molecule has 1 aliphatic heterocycles. The van der Waals surface area contributed by atoms with Crippen molar-refractivity contribution in [2.45, 2.75) is 12.5 Å². The molecule has 2 aromatic rings. The summed E-state index contributed by atoms with van der Waals surface area (Å²) in [5.41, 5.74) is 7.57. The molecule has 23 heavy (non-hydrogen) atoms. The van der Waals surface area contributed by atoms with E-state index in [2.05, 4.69) is 15.0 Å². The Morgan fingerprint density at radius 3 is 2.91 bits per heavy atom. The number of carbonyl (C=O) groups excluding carboxylic acids is 1. The molecule has 7 nitrogen and oxygen atoms in total. The fraction of sp³-hybridized carbons (Fsp3) is 0.438. The van der Waals surface area contributed by atoms with E-state index in [-0.39, 0.29) is 17.7 Å². The number of pyridine rings is 1. The first-order valence-corrected chi connectivity index (χ1v) is 7.57. The van der Waals surface area contributed by atoms with E-state index in [0.717, 1.165) is 17.8 Å². The highest BCUT2D eigenvalue weighted by Gasteiger charge is 2.38. The van der Waals surface area contributed by atoms with Crippen molar-refractivity contribution in [3.05, 3.63) is 41.9 Å². The van der Waals surface area contributed by atoms with Crippen molar-refractivity contribution in [1.82, 2.24) is 19.7 Å². The summed E-state index contributed by atoms with van der Waals surface area (Å²) in [4.78, 5) is 18.5. The van der Waals surface area contributed by atoms with Crippen LogP contribution in [0.4, 0.5) is 0 Å². The molecule has 2 atom stereocenters. The van der Waals surface area contributed by atoms with E-state index in [1.54, 1.807) is 11.8 Å². The number of aromatic nitrogens is 3. The molecule has 1 fully saturated rings. The third-order valence-electron chi connectivity index (χ3n) is 4.29. The van der Waals surface area contributed by atoms with E-state index in [9.17, 15) is 4.79 Å². The molecule has 7 heteroatoms. The Bertz CT molecular complexity index is 699. The summed E-state index contributed by atoms with van der Waals surface area (Å²) >= 11 is 0. The molecule has 0 bridgehead atoms. The third-order valence-corrected chi connectivity index (χ3v) is 4.29. The smallest absolute Gasteiger partial charge is 0.222 e. The molecule has 3 rings (SSSR count). The van der Waals surface area contributed by atoms with E-state index in [1.165, 1.54) is 0 Å². The number of nitrogens with two attached hydrogens (primary N) is 1. The Hall–Kier alpha value is -2.41. The number of aryl methyl sites for hydroxylation is 1. The van der Waals surface area contributed by atoms with Gasteiger partial charge in [0.1, 0.15) is 0 Å². The van der Waals surface area contributed by atoms with Crippen LogP contribution in [0, 0.1) is 5.92 Å². The van der Waals surface area contributed by atoms with Crippen molar-refractivity contribution in [1.29, 1.82) is 0 Å². The minimum absolute atomic E-state index is 0.0757. The Balaban J connectivity index is 1.76. The van der Waals surface area contributed by atoms with Crippen molar-refractivity contribution < 1.29 is 9.53 Å². The van der Waals surface area contributed by atoms with Crippen LogP contribution >= 0.6 is 0 Å². The standard InChI is InChI=1S/C16H21N5O2/c1-20-7-11(6-18-20)13-9-21(10-14(13)16(17)22)8-12-4-3-5-15(19-12)23-2/h3-7,13-14H,8-10H2,1-2H3,(H2,17,22)/t13-,14+/m1/s1. The summed E-state index contributed by atoms with van der Waals surface area (Å²) in [7, 11) is 3.47. The summed E-state index contributed by atoms with van der Waals surface area (Å²) in [6.07, 6.45) is 3.77. The second-order valence-corrected chi connectivity index (χ2v) is 5.93. The fourth-order valence-corrected chi connectivity index (χ4v) is 3.16. The molecule has 1 aliphatic rings. The summed E-state index contributed by atoms with van der Waals surface area (Å²) in [6.45, 7) is 2.06. The van der Waals surface area contributed by atoms with Crippen molar-refractivity contribution in [3.8, 4) is 5.88 Å². The number of nitrogens with zero attached hydrogens (tertiary/aromatic N) is 4. The van der Waals surface area contributed by atoms with Crippen LogP contribution in [0.1, 0.15) is 17.2 Å². The molecule has 2 aromatic heterocycles. The number of carbonyl (C=O) groups is 1. The Kier molecular flexibility index (Phi) is 4.29. The first-order valence-electron chi connectivity index (χ1n) is 7.57. The summed E-state index contributed by atoms with van der Waals surface area (Å²) in [5, 5.41) is 4.20. The molecular formula is C16H21N5O2. The lowest BCUT2D eigenvalue weighted by Crippen LogP contribution is -2.29. The molecule has 3 heterocycles. The van der Waals surface area contributed by atoms with Crippen LogP contribution in [0.2, 0.25) is 0 Å². The van der Waals surface area contributed by atoms with Gasteiger partial charge in [-0.1, -0.05) is 6.07 Å². The number of amides is 1. The monoisotopic (exact) mass is 315 g/mol. The van der Waals surface area contributed by atoms with Crippen LogP contribution in [-0.4, -0.2) is 45.8 Å². The minimum Gasteiger partial charge on any atom is -0.481 e. The van der Waals surface area contributed by atoms with Crippen molar-refractivity contribution in [2.24, 2.45) is 18.7 Å². The number of ether oxygens (including phenoxy) is 1. The average molecular weight is 315 g/mol. The van der Waals surface area contributed by atoms with Gasteiger partial charge in [0.05, 0.1) is 24.9 Å². The molecule has 0 spiro atoms. The maximum atomic E-state index is 11.8. The SMILES string of the molecule is COc1cccc(CN2C[C@H](C(N)=O)[C@@H](c3cnn(C)c3)C2)n1. The molecule has 122 valence electrons. The van der Waals surface area contributed by atoms with Gasteiger partial charge in [0.25, 0.3) is 0 Å². The molecule has 2 N–H and O–H groups in total. The fourth-order valence-electron chi connectivity index (χ4n) is 3.16. The van der Waals surface area contributed by atoms with Gasteiger partial charge in [-0.2, -0.15) is 5.10 Å². The lowest BCUT2D eigenvalue weighted by molar-refractivity contribution is -0.121. The predicted molar refractivity (Wildman–Crippen MR) is 84.7 cm³/mol. The molecule has 1 saturated heterocycles.